The van der Waals surface area contributed by atoms with Gasteiger partial charge in [0.15, 0.2) is 11.6 Å². The molecule has 0 atom stereocenters. The topological polar surface area (TPSA) is 43.4 Å². The van der Waals surface area contributed by atoms with Crippen molar-refractivity contribution in [1.82, 2.24) is 0 Å². The van der Waals surface area contributed by atoms with Gasteiger partial charge in [0.1, 0.15) is 5.76 Å². The summed E-state index contributed by atoms with van der Waals surface area (Å²) in [6, 6.07) is 14.8. The Kier molecular flexibility index (Phi) is 2.61. The molecule has 4 rings (SSSR count). The highest BCUT2D eigenvalue weighted by Gasteiger charge is 2.51. The Morgan fingerprint density at radius 3 is 1.95 bits per heavy atom. The van der Waals surface area contributed by atoms with E-state index in [1.54, 1.807) is 25.3 Å². The fourth-order valence-corrected chi connectivity index (χ4v) is 3.65. The second-order valence-electron chi connectivity index (χ2n) is 5.68. The smallest absolute Gasteiger partial charge is 0.193 e. The van der Waals surface area contributed by atoms with Crippen LogP contribution in [0.4, 0.5) is 0 Å². The number of allylic oxidation sites excluding steroid dienone is 2. The van der Waals surface area contributed by atoms with E-state index in [2.05, 4.69) is 0 Å². The number of hydrogen-bond donors (Lipinski definition) is 0. The Morgan fingerprint density at radius 1 is 0.909 bits per heavy atom. The minimum atomic E-state index is -0.827. The quantitative estimate of drug-likeness (QED) is 0.811. The van der Waals surface area contributed by atoms with Crippen LogP contribution in [0.25, 0.3) is 0 Å². The molecule has 108 valence electrons. The Hall–Kier alpha value is -2.68. The zero-order valence-corrected chi connectivity index (χ0v) is 12.1. The van der Waals surface area contributed by atoms with E-state index in [-0.39, 0.29) is 11.6 Å². The van der Waals surface area contributed by atoms with Gasteiger partial charge in [0.25, 0.3) is 0 Å². The average molecular weight is 290 g/mol. The summed E-state index contributed by atoms with van der Waals surface area (Å²) in [7, 11) is 1.57. The van der Waals surface area contributed by atoms with Crippen LogP contribution in [0.5, 0.6) is 0 Å². The van der Waals surface area contributed by atoms with Crippen LogP contribution in [-0.4, -0.2) is 18.7 Å². The normalized spacial score (nSPS) is 18.0. The number of ketones is 2. The molecule has 0 saturated heterocycles. The maximum atomic E-state index is 12.9. The molecule has 0 aliphatic heterocycles. The van der Waals surface area contributed by atoms with Crippen molar-refractivity contribution in [3.05, 3.63) is 82.6 Å². The third-order valence-corrected chi connectivity index (χ3v) is 4.68. The second kappa shape index (κ2) is 4.41. The lowest BCUT2D eigenvalue weighted by atomic mass is 9.64. The highest BCUT2D eigenvalue weighted by molar-refractivity contribution is 6.18. The highest BCUT2D eigenvalue weighted by Crippen LogP contribution is 2.49. The standard InChI is InChI=1S/C19H14O3/c1-22-12-10-17(20)19(11-12)15-8-4-2-6-13(15)18(21)14-7-3-5-9-16(14)19/h2-10H,11H2,1H3. The Bertz CT molecular complexity index is 796. The van der Waals surface area contributed by atoms with E-state index in [1.165, 1.54) is 0 Å². The summed E-state index contributed by atoms with van der Waals surface area (Å²) in [6.45, 7) is 0. The van der Waals surface area contributed by atoms with E-state index in [0.29, 0.717) is 23.3 Å². The minimum absolute atomic E-state index is 0.0169. The predicted molar refractivity (Wildman–Crippen MR) is 81.8 cm³/mol. The molecule has 0 bridgehead atoms. The minimum Gasteiger partial charge on any atom is -0.501 e. The van der Waals surface area contributed by atoms with Gasteiger partial charge in [-0.25, -0.2) is 0 Å². The number of ether oxygens (including phenoxy) is 1. The molecule has 2 aromatic rings. The molecule has 2 aliphatic carbocycles. The van der Waals surface area contributed by atoms with Crippen molar-refractivity contribution in [1.29, 1.82) is 0 Å². The number of fused-ring (bicyclic) bond motifs is 4. The lowest BCUT2D eigenvalue weighted by molar-refractivity contribution is -0.117. The third kappa shape index (κ3) is 1.45. The molecule has 0 amide bonds. The molecule has 2 aromatic carbocycles. The van der Waals surface area contributed by atoms with Crippen LogP contribution in [0.1, 0.15) is 33.5 Å². The first-order valence-electron chi connectivity index (χ1n) is 7.21. The largest absolute Gasteiger partial charge is 0.501 e. The number of carbonyl (C=O) groups is 2. The number of carbonyl (C=O) groups excluding carboxylic acids is 2. The van der Waals surface area contributed by atoms with Crippen molar-refractivity contribution >= 4 is 11.6 Å². The molecular weight excluding hydrogens is 276 g/mol. The van der Waals surface area contributed by atoms with Crippen molar-refractivity contribution in [3.8, 4) is 0 Å². The molecule has 0 N–H and O–H groups in total. The number of methoxy groups -OCH3 is 1. The summed E-state index contributed by atoms with van der Waals surface area (Å²) in [6.07, 6.45) is 2.02. The highest BCUT2D eigenvalue weighted by atomic mass is 16.5. The van der Waals surface area contributed by atoms with Crippen LogP contribution < -0.4 is 0 Å². The maximum absolute atomic E-state index is 12.9. The summed E-state index contributed by atoms with van der Waals surface area (Å²) in [4.78, 5) is 25.6. The number of rotatable bonds is 1. The summed E-state index contributed by atoms with van der Waals surface area (Å²) in [5.41, 5.74) is 1.96. The lowest BCUT2D eigenvalue weighted by Crippen LogP contribution is -2.39. The fraction of sp³-hybridized carbons (Fsp3) is 0.158. The van der Waals surface area contributed by atoms with Gasteiger partial charge in [0, 0.05) is 23.6 Å². The van der Waals surface area contributed by atoms with Gasteiger partial charge in [-0.3, -0.25) is 9.59 Å². The van der Waals surface area contributed by atoms with Crippen LogP contribution >= 0.6 is 0 Å². The molecule has 3 nitrogen and oxygen atoms in total. The molecular formula is C19H14O3. The van der Waals surface area contributed by atoms with E-state index < -0.39 is 5.41 Å². The average Bonchev–Trinajstić information content (AvgIpc) is 2.91. The molecule has 0 heterocycles. The molecule has 0 unspecified atom stereocenters. The molecule has 0 saturated carbocycles. The lowest BCUT2D eigenvalue weighted by Gasteiger charge is -2.35. The van der Waals surface area contributed by atoms with Gasteiger partial charge in [-0.05, 0) is 11.1 Å². The molecule has 0 aromatic heterocycles. The predicted octanol–water partition coefficient (Wildman–Crippen LogP) is 3.02. The Labute approximate surface area is 128 Å². The summed E-state index contributed by atoms with van der Waals surface area (Å²) in [5, 5.41) is 0. The SMILES string of the molecule is COC1=CC(=O)C2(C1)c1ccccc1C(=O)c1ccccc12. The van der Waals surface area contributed by atoms with Crippen molar-refractivity contribution in [3.63, 3.8) is 0 Å². The van der Waals surface area contributed by atoms with E-state index in [1.807, 2.05) is 36.4 Å². The van der Waals surface area contributed by atoms with Crippen molar-refractivity contribution in [2.45, 2.75) is 11.8 Å². The Balaban J connectivity index is 2.07. The molecule has 2 aliphatic rings. The summed E-state index contributed by atoms with van der Waals surface area (Å²) < 4.78 is 5.32. The summed E-state index contributed by atoms with van der Waals surface area (Å²) >= 11 is 0. The first-order valence-corrected chi connectivity index (χ1v) is 7.21. The van der Waals surface area contributed by atoms with E-state index in [0.717, 1.165) is 11.1 Å². The van der Waals surface area contributed by atoms with Crippen molar-refractivity contribution < 1.29 is 14.3 Å². The first-order chi connectivity index (χ1) is 10.7. The summed E-state index contributed by atoms with van der Waals surface area (Å²) in [5.74, 6) is 0.621. The molecule has 0 fully saturated rings. The Morgan fingerprint density at radius 2 is 1.45 bits per heavy atom. The first kappa shape index (κ1) is 13.0. The zero-order valence-electron chi connectivity index (χ0n) is 12.1. The molecule has 0 radical (unpaired) electrons. The van der Waals surface area contributed by atoms with Crippen molar-refractivity contribution in [2.24, 2.45) is 0 Å². The van der Waals surface area contributed by atoms with Gasteiger partial charge in [-0.1, -0.05) is 48.5 Å². The third-order valence-electron chi connectivity index (χ3n) is 4.68. The van der Waals surface area contributed by atoms with Crippen LogP contribution in [0.2, 0.25) is 0 Å². The van der Waals surface area contributed by atoms with Crippen LogP contribution in [0, 0.1) is 0 Å². The van der Waals surface area contributed by atoms with Crippen LogP contribution in [0.15, 0.2) is 60.4 Å². The molecule has 1 spiro atoms. The number of hydrogen-bond acceptors (Lipinski definition) is 3. The maximum Gasteiger partial charge on any atom is 0.193 e. The van der Waals surface area contributed by atoms with Gasteiger partial charge in [0.05, 0.1) is 12.5 Å². The fourth-order valence-electron chi connectivity index (χ4n) is 3.65. The second-order valence-corrected chi connectivity index (χ2v) is 5.68. The van der Waals surface area contributed by atoms with Crippen LogP contribution in [0.3, 0.4) is 0 Å². The van der Waals surface area contributed by atoms with E-state index >= 15 is 0 Å². The van der Waals surface area contributed by atoms with E-state index in [9.17, 15) is 9.59 Å². The number of benzene rings is 2. The van der Waals surface area contributed by atoms with Gasteiger partial charge in [-0.15, -0.1) is 0 Å². The van der Waals surface area contributed by atoms with Gasteiger partial charge < -0.3 is 4.74 Å². The molecule has 22 heavy (non-hydrogen) atoms. The molecule has 3 heteroatoms. The monoisotopic (exact) mass is 290 g/mol. The van der Waals surface area contributed by atoms with Crippen molar-refractivity contribution in [2.75, 3.05) is 7.11 Å². The zero-order chi connectivity index (χ0) is 15.3. The van der Waals surface area contributed by atoms with Gasteiger partial charge >= 0.3 is 0 Å². The van der Waals surface area contributed by atoms with Gasteiger partial charge in [0.2, 0.25) is 0 Å². The van der Waals surface area contributed by atoms with E-state index in [4.69, 9.17) is 4.74 Å². The van der Waals surface area contributed by atoms with Crippen LogP contribution in [-0.2, 0) is 14.9 Å². The van der Waals surface area contributed by atoms with Gasteiger partial charge in [-0.2, -0.15) is 0 Å².